The topological polar surface area (TPSA) is 64.7 Å². The fourth-order valence-electron chi connectivity index (χ4n) is 2.27. The Morgan fingerprint density at radius 3 is 2.46 bits per heavy atom. The largest absolute Gasteiger partial charge is 0.332 e. The van der Waals surface area contributed by atoms with Crippen molar-refractivity contribution in [3.05, 3.63) is 60.3 Å². The molecule has 0 aliphatic carbocycles. The molecule has 0 atom stereocenters. The highest BCUT2D eigenvalue weighted by atomic mass is 16.2. The number of amides is 1. The number of nitrogens with zero attached hydrogens (tertiary/aromatic N) is 4. The van der Waals surface area contributed by atoms with E-state index in [-0.39, 0.29) is 11.4 Å². The van der Waals surface area contributed by atoms with Gasteiger partial charge in [0.2, 0.25) is 0 Å². The highest BCUT2D eigenvalue weighted by molar-refractivity contribution is 5.90. The van der Waals surface area contributed by atoms with Crippen molar-refractivity contribution in [1.29, 1.82) is 0 Å². The summed E-state index contributed by atoms with van der Waals surface area (Å²) in [6.07, 6.45) is 4.64. The van der Waals surface area contributed by atoms with Crippen molar-refractivity contribution in [2.24, 2.45) is 0 Å². The maximum absolute atomic E-state index is 12.3. The number of carbonyl (C=O) groups is 1. The predicted molar refractivity (Wildman–Crippen MR) is 93.6 cm³/mol. The molecule has 3 aromatic rings. The number of aryl methyl sites for hydroxylation is 1. The molecule has 2 heterocycles. The Morgan fingerprint density at radius 2 is 1.88 bits per heavy atom. The lowest BCUT2D eigenvalue weighted by Crippen LogP contribution is -2.19. The number of rotatable bonds is 2. The van der Waals surface area contributed by atoms with Gasteiger partial charge in [-0.05, 0) is 19.1 Å². The molecule has 0 spiro atoms. The fraction of sp³-hybridized carbons (Fsp3) is 0.278. The molecule has 6 nitrogen and oxygen atoms in total. The van der Waals surface area contributed by atoms with Crippen LogP contribution in [-0.2, 0) is 5.41 Å². The van der Waals surface area contributed by atoms with Gasteiger partial charge < -0.3 is 0 Å². The van der Waals surface area contributed by atoms with Crippen LogP contribution in [0.5, 0.6) is 0 Å². The van der Waals surface area contributed by atoms with Crippen LogP contribution in [0.1, 0.15) is 32.0 Å². The maximum atomic E-state index is 12.3. The first kappa shape index (κ1) is 16.0. The van der Waals surface area contributed by atoms with E-state index in [2.05, 4.69) is 31.1 Å². The zero-order valence-electron chi connectivity index (χ0n) is 14.3. The molecular weight excluding hydrogens is 302 g/mol. The smallest absolute Gasteiger partial charge is 0.291 e. The maximum Gasteiger partial charge on any atom is 0.332 e. The highest BCUT2D eigenvalue weighted by Crippen LogP contribution is 2.26. The van der Waals surface area contributed by atoms with Crippen molar-refractivity contribution >= 4 is 11.8 Å². The monoisotopic (exact) mass is 323 g/mol. The van der Waals surface area contributed by atoms with Gasteiger partial charge in [0.25, 0.3) is 0 Å². The van der Waals surface area contributed by atoms with Gasteiger partial charge in [0.05, 0.1) is 11.4 Å². The van der Waals surface area contributed by atoms with Gasteiger partial charge in [0.1, 0.15) is 12.1 Å². The molecule has 0 bridgehead atoms. The highest BCUT2D eigenvalue weighted by Gasteiger charge is 2.21. The SMILES string of the molecule is Cc1ccc(-n2nc(C(C)(C)C)cc2NC(=O)n2ccnc2)cc1. The van der Waals surface area contributed by atoms with Crippen LogP contribution < -0.4 is 5.32 Å². The van der Waals surface area contributed by atoms with Crippen molar-refractivity contribution < 1.29 is 4.79 Å². The first-order valence-electron chi connectivity index (χ1n) is 7.81. The second-order valence-electron chi connectivity index (χ2n) is 6.81. The van der Waals surface area contributed by atoms with Gasteiger partial charge in [-0.3, -0.25) is 9.88 Å². The summed E-state index contributed by atoms with van der Waals surface area (Å²) in [4.78, 5) is 16.2. The van der Waals surface area contributed by atoms with Crippen molar-refractivity contribution in [3.63, 3.8) is 0 Å². The quantitative estimate of drug-likeness (QED) is 0.781. The molecule has 0 unspecified atom stereocenters. The number of benzene rings is 1. The number of hydrogen-bond acceptors (Lipinski definition) is 3. The average Bonchev–Trinajstić information content (AvgIpc) is 3.16. The van der Waals surface area contributed by atoms with E-state index in [0.29, 0.717) is 5.82 Å². The van der Waals surface area contributed by atoms with E-state index in [4.69, 9.17) is 5.10 Å². The Bertz CT molecular complexity index is 839. The van der Waals surface area contributed by atoms with E-state index < -0.39 is 0 Å². The van der Waals surface area contributed by atoms with Gasteiger partial charge in [-0.2, -0.15) is 5.10 Å². The second kappa shape index (κ2) is 5.96. The number of imidazole rings is 1. The third kappa shape index (κ3) is 3.22. The third-order valence-corrected chi connectivity index (χ3v) is 3.73. The van der Waals surface area contributed by atoms with Gasteiger partial charge in [-0.25, -0.2) is 14.5 Å². The molecular formula is C18H21N5O. The van der Waals surface area contributed by atoms with E-state index in [1.807, 2.05) is 37.3 Å². The molecule has 1 amide bonds. The lowest BCUT2D eigenvalue weighted by Gasteiger charge is -2.14. The molecule has 0 aliphatic rings. The van der Waals surface area contributed by atoms with Crippen LogP contribution >= 0.6 is 0 Å². The Balaban J connectivity index is 2.01. The molecule has 24 heavy (non-hydrogen) atoms. The molecule has 3 rings (SSSR count). The van der Waals surface area contributed by atoms with Crippen LogP contribution in [0.25, 0.3) is 5.69 Å². The summed E-state index contributed by atoms with van der Waals surface area (Å²) < 4.78 is 3.15. The molecule has 0 aliphatic heterocycles. The molecule has 6 heteroatoms. The van der Waals surface area contributed by atoms with Crippen molar-refractivity contribution in [3.8, 4) is 5.69 Å². The van der Waals surface area contributed by atoms with Crippen molar-refractivity contribution in [1.82, 2.24) is 19.3 Å². The van der Waals surface area contributed by atoms with E-state index in [1.165, 1.54) is 16.5 Å². The molecule has 0 saturated heterocycles. The van der Waals surface area contributed by atoms with Crippen LogP contribution in [0.15, 0.2) is 49.1 Å². The Kier molecular flexibility index (Phi) is 3.97. The summed E-state index contributed by atoms with van der Waals surface area (Å²) in [7, 11) is 0. The third-order valence-electron chi connectivity index (χ3n) is 3.73. The van der Waals surface area contributed by atoms with E-state index >= 15 is 0 Å². The van der Waals surface area contributed by atoms with Crippen LogP contribution in [0.4, 0.5) is 10.6 Å². The summed E-state index contributed by atoms with van der Waals surface area (Å²) in [6.45, 7) is 8.32. The zero-order chi connectivity index (χ0) is 17.3. The number of nitrogens with one attached hydrogen (secondary N) is 1. The van der Waals surface area contributed by atoms with E-state index in [1.54, 1.807) is 17.1 Å². The standard InChI is InChI=1S/C18H21N5O/c1-13-5-7-14(8-6-13)23-16(11-15(21-23)18(2,3)4)20-17(24)22-10-9-19-12-22/h5-12H,1-4H3,(H,20,24). The summed E-state index contributed by atoms with van der Waals surface area (Å²) in [5.74, 6) is 0.627. The number of hydrogen-bond donors (Lipinski definition) is 1. The Labute approximate surface area is 141 Å². The second-order valence-corrected chi connectivity index (χ2v) is 6.81. The molecule has 2 aromatic heterocycles. The van der Waals surface area contributed by atoms with Crippen LogP contribution in [0.2, 0.25) is 0 Å². The van der Waals surface area contributed by atoms with Crippen LogP contribution in [-0.4, -0.2) is 25.4 Å². The summed E-state index contributed by atoms with van der Waals surface area (Å²) in [5, 5.41) is 7.60. The van der Waals surface area contributed by atoms with Crippen molar-refractivity contribution in [2.75, 3.05) is 5.32 Å². The average molecular weight is 323 g/mol. The van der Waals surface area contributed by atoms with Gasteiger partial charge in [-0.15, -0.1) is 0 Å². The van der Waals surface area contributed by atoms with E-state index in [9.17, 15) is 4.79 Å². The minimum atomic E-state index is -0.277. The predicted octanol–water partition coefficient (Wildman–Crippen LogP) is 3.75. The lowest BCUT2D eigenvalue weighted by atomic mass is 9.92. The molecule has 1 N–H and O–H groups in total. The van der Waals surface area contributed by atoms with Gasteiger partial charge >= 0.3 is 6.03 Å². The number of anilines is 1. The summed E-state index contributed by atoms with van der Waals surface area (Å²) >= 11 is 0. The number of carbonyl (C=O) groups excluding carboxylic acids is 1. The van der Waals surface area contributed by atoms with Gasteiger partial charge in [0, 0.05) is 23.9 Å². The van der Waals surface area contributed by atoms with Gasteiger partial charge in [0.15, 0.2) is 0 Å². The normalized spacial score (nSPS) is 11.5. The summed E-state index contributed by atoms with van der Waals surface area (Å²) in [5.41, 5.74) is 2.86. The molecule has 0 fully saturated rings. The Morgan fingerprint density at radius 1 is 1.17 bits per heavy atom. The Hall–Kier alpha value is -2.89. The summed E-state index contributed by atoms with van der Waals surface area (Å²) in [6, 6.07) is 9.66. The molecule has 0 radical (unpaired) electrons. The minimum absolute atomic E-state index is 0.121. The van der Waals surface area contributed by atoms with Crippen molar-refractivity contribution in [2.45, 2.75) is 33.1 Å². The number of aromatic nitrogens is 4. The molecule has 124 valence electrons. The lowest BCUT2D eigenvalue weighted by molar-refractivity contribution is 0.253. The van der Waals surface area contributed by atoms with E-state index in [0.717, 1.165) is 11.4 Å². The zero-order valence-corrected chi connectivity index (χ0v) is 14.3. The molecule has 0 saturated carbocycles. The fourth-order valence-corrected chi connectivity index (χ4v) is 2.27. The van der Waals surface area contributed by atoms with Gasteiger partial charge in [-0.1, -0.05) is 38.5 Å². The minimum Gasteiger partial charge on any atom is -0.291 e. The van der Waals surface area contributed by atoms with Crippen LogP contribution in [0, 0.1) is 6.92 Å². The first-order chi connectivity index (χ1) is 11.3. The van der Waals surface area contributed by atoms with Crippen LogP contribution in [0.3, 0.4) is 0 Å². The first-order valence-corrected chi connectivity index (χ1v) is 7.81. The molecule has 1 aromatic carbocycles.